The zero-order valence-corrected chi connectivity index (χ0v) is 20.8. The number of nitrogens with zero attached hydrogens (tertiary/aromatic N) is 2. The lowest BCUT2D eigenvalue weighted by molar-refractivity contribution is -0.145. The molecule has 1 aliphatic rings. The third-order valence-corrected chi connectivity index (χ3v) is 6.24. The van der Waals surface area contributed by atoms with Gasteiger partial charge in [0, 0.05) is 25.1 Å². The smallest absolute Gasteiger partial charge is 0.411 e. The molecule has 0 radical (unpaired) electrons. The van der Waals surface area contributed by atoms with Crippen LogP contribution in [0.15, 0.2) is 72.9 Å². The van der Waals surface area contributed by atoms with E-state index in [-0.39, 0.29) is 19.6 Å². The van der Waals surface area contributed by atoms with Crippen LogP contribution in [-0.4, -0.2) is 54.2 Å². The number of amides is 2. The Bertz CT molecular complexity index is 1230. The van der Waals surface area contributed by atoms with Crippen molar-refractivity contribution < 1.29 is 28.6 Å². The van der Waals surface area contributed by atoms with Gasteiger partial charge in [-0.05, 0) is 22.3 Å². The van der Waals surface area contributed by atoms with E-state index >= 15 is 0 Å². The zero-order valence-electron chi connectivity index (χ0n) is 20.8. The molecule has 9 nitrogen and oxygen atoms in total. The second kappa shape index (κ2) is 12.0. The Morgan fingerprint density at radius 2 is 1.70 bits per heavy atom. The van der Waals surface area contributed by atoms with Crippen LogP contribution in [0.1, 0.15) is 22.3 Å². The van der Waals surface area contributed by atoms with Gasteiger partial charge in [-0.1, -0.05) is 60.7 Å². The van der Waals surface area contributed by atoms with Crippen molar-refractivity contribution in [3.63, 3.8) is 0 Å². The zero-order chi connectivity index (χ0) is 26.2. The van der Waals surface area contributed by atoms with Crippen molar-refractivity contribution in [2.45, 2.75) is 38.1 Å². The standard InChI is InChI=1S/C28H29N3O6/c1-35-25-13-12-20(16-29-25)14-23(27(33)36-2)30-26(32)24-15-21-10-6-7-11-22(21)17-31(24)28(34)37-18-19-8-4-3-5-9-19/h3-13,16,23-24H,14-15,17-18H2,1-2H3,(H,30,32)/t23-,24-/m0/s1. The number of benzene rings is 2. The quantitative estimate of drug-likeness (QED) is 0.471. The lowest BCUT2D eigenvalue weighted by Gasteiger charge is -2.35. The fourth-order valence-electron chi connectivity index (χ4n) is 4.24. The summed E-state index contributed by atoms with van der Waals surface area (Å²) in [6.45, 7) is 0.300. The van der Waals surface area contributed by atoms with E-state index in [1.807, 2.05) is 54.6 Å². The Labute approximate surface area is 215 Å². The highest BCUT2D eigenvalue weighted by Gasteiger charge is 2.37. The normalized spacial score (nSPS) is 15.2. The molecule has 2 aromatic carbocycles. The Morgan fingerprint density at radius 3 is 2.38 bits per heavy atom. The molecule has 1 N–H and O–H groups in total. The number of fused-ring (bicyclic) bond motifs is 1. The van der Waals surface area contributed by atoms with Gasteiger partial charge >= 0.3 is 12.1 Å². The maximum Gasteiger partial charge on any atom is 0.411 e. The molecule has 2 atom stereocenters. The summed E-state index contributed by atoms with van der Waals surface area (Å²) in [5, 5.41) is 2.78. The van der Waals surface area contributed by atoms with Crippen LogP contribution < -0.4 is 10.1 Å². The lowest BCUT2D eigenvalue weighted by Crippen LogP contribution is -2.56. The van der Waals surface area contributed by atoms with Gasteiger partial charge in [-0.3, -0.25) is 9.69 Å². The topological polar surface area (TPSA) is 107 Å². The van der Waals surface area contributed by atoms with Crippen LogP contribution in [0.4, 0.5) is 4.79 Å². The van der Waals surface area contributed by atoms with Gasteiger partial charge in [0.15, 0.2) is 0 Å². The monoisotopic (exact) mass is 503 g/mol. The number of carbonyl (C=O) groups is 3. The van der Waals surface area contributed by atoms with Gasteiger partial charge in [-0.15, -0.1) is 0 Å². The molecule has 0 bridgehead atoms. The number of rotatable bonds is 8. The van der Waals surface area contributed by atoms with E-state index in [0.29, 0.717) is 17.9 Å². The van der Waals surface area contributed by atoms with Gasteiger partial charge in [-0.2, -0.15) is 0 Å². The minimum Gasteiger partial charge on any atom is -0.481 e. The van der Waals surface area contributed by atoms with E-state index in [4.69, 9.17) is 14.2 Å². The Morgan fingerprint density at radius 1 is 0.973 bits per heavy atom. The van der Waals surface area contributed by atoms with E-state index in [2.05, 4.69) is 10.3 Å². The van der Waals surface area contributed by atoms with E-state index in [1.165, 1.54) is 19.1 Å². The van der Waals surface area contributed by atoms with Gasteiger partial charge in [-0.25, -0.2) is 14.6 Å². The summed E-state index contributed by atoms with van der Waals surface area (Å²) < 4.78 is 15.6. The van der Waals surface area contributed by atoms with Crippen LogP contribution in [0.25, 0.3) is 0 Å². The number of hydrogen-bond donors (Lipinski definition) is 1. The first-order valence-corrected chi connectivity index (χ1v) is 11.9. The van der Waals surface area contributed by atoms with Gasteiger partial charge in [0.05, 0.1) is 20.8 Å². The summed E-state index contributed by atoms with van der Waals surface area (Å²) >= 11 is 0. The number of ether oxygens (including phenoxy) is 3. The molecule has 9 heteroatoms. The molecule has 0 unspecified atom stereocenters. The maximum absolute atomic E-state index is 13.5. The predicted octanol–water partition coefficient (Wildman–Crippen LogP) is 3.05. The molecule has 4 rings (SSSR count). The number of nitrogens with one attached hydrogen (secondary N) is 1. The Kier molecular flexibility index (Phi) is 8.35. The molecule has 1 aromatic heterocycles. The molecule has 2 heterocycles. The lowest BCUT2D eigenvalue weighted by atomic mass is 9.93. The average molecular weight is 504 g/mol. The summed E-state index contributed by atoms with van der Waals surface area (Å²) in [7, 11) is 2.77. The maximum atomic E-state index is 13.5. The van der Waals surface area contributed by atoms with Crippen molar-refractivity contribution in [2.24, 2.45) is 0 Å². The fraction of sp³-hybridized carbons (Fsp3) is 0.286. The van der Waals surface area contributed by atoms with Crippen LogP contribution in [-0.2, 0) is 45.1 Å². The molecule has 0 fully saturated rings. The van der Waals surface area contributed by atoms with Gasteiger partial charge in [0.25, 0.3) is 0 Å². The Hall–Kier alpha value is -4.40. The van der Waals surface area contributed by atoms with Crippen LogP contribution >= 0.6 is 0 Å². The minimum absolute atomic E-state index is 0.0847. The van der Waals surface area contributed by atoms with E-state index in [0.717, 1.165) is 16.7 Å². The summed E-state index contributed by atoms with van der Waals surface area (Å²) in [5.41, 5.74) is 3.46. The molecule has 37 heavy (non-hydrogen) atoms. The molecule has 2 amide bonds. The summed E-state index contributed by atoms with van der Waals surface area (Å²) in [6.07, 6.45) is 1.43. The molecule has 0 saturated heterocycles. The number of carbonyl (C=O) groups excluding carboxylic acids is 3. The number of esters is 1. The van der Waals surface area contributed by atoms with Crippen molar-refractivity contribution in [3.05, 3.63) is 95.2 Å². The number of methoxy groups -OCH3 is 2. The first-order chi connectivity index (χ1) is 18.0. The van der Waals surface area contributed by atoms with Crippen LogP contribution in [0.2, 0.25) is 0 Å². The van der Waals surface area contributed by atoms with Crippen LogP contribution in [0, 0.1) is 0 Å². The highest BCUT2D eigenvalue weighted by Crippen LogP contribution is 2.25. The SMILES string of the molecule is COC(=O)[C@H](Cc1ccc(OC)nc1)NC(=O)[C@@H]1Cc2ccccc2CN1C(=O)OCc1ccccc1. The molecule has 3 aromatic rings. The number of pyridine rings is 1. The molecule has 0 spiro atoms. The Balaban J connectivity index is 1.52. The predicted molar refractivity (Wildman–Crippen MR) is 135 cm³/mol. The molecule has 0 aliphatic carbocycles. The van der Waals surface area contributed by atoms with Crippen LogP contribution in [0.3, 0.4) is 0 Å². The highest BCUT2D eigenvalue weighted by molar-refractivity contribution is 5.90. The van der Waals surface area contributed by atoms with Gasteiger partial charge in [0.1, 0.15) is 18.7 Å². The van der Waals surface area contributed by atoms with E-state index in [1.54, 1.807) is 18.3 Å². The highest BCUT2D eigenvalue weighted by atomic mass is 16.6. The fourth-order valence-corrected chi connectivity index (χ4v) is 4.24. The third-order valence-electron chi connectivity index (χ3n) is 6.24. The molecular formula is C28H29N3O6. The number of hydrogen-bond acceptors (Lipinski definition) is 7. The molecule has 0 saturated carbocycles. The van der Waals surface area contributed by atoms with E-state index in [9.17, 15) is 14.4 Å². The summed E-state index contributed by atoms with van der Waals surface area (Å²) in [5.74, 6) is -0.630. The van der Waals surface area contributed by atoms with Crippen molar-refractivity contribution in [1.82, 2.24) is 15.2 Å². The third kappa shape index (κ3) is 6.43. The minimum atomic E-state index is -0.966. The second-order valence-corrected chi connectivity index (χ2v) is 8.65. The molecular weight excluding hydrogens is 474 g/mol. The first kappa shape index (κ1) is 25.7. The van der Waals surface area contributed by atoms with Gasteiger partial charge < -0.3 is 19.5 Å². The van der Waals surface area contributed by atoms with Crippen LogP contribution in [0.5, 0.6) is 5.88 Å². The first-order valence-electron chi connectivity index (χ1n) is 11.9. The summed E-state index contributed by atoms with van der Waals surface area (Å²) in [6, 6.07) is 18.6. The van der Waals surface area contributed by atoms with E-state index < -0.39 is 30.1 Å². The van der Waals surface area contributed by atoms with Gasteiger partial charge in [0.2, 0.25) is 11.8 Å². The second-order valence-electron chi connectivity index (χ2n) is 8.65. The van der Waals surface area contributed by atoms with Crippen molar-refractivity contribution in [3.8, 4) is 5.88 Å². The summed E-state index contributed by atoms with van der Waals surface area (Å²) in [4.78, 5) is 44.8. The molecule has 192 valence electrons. The largest absolute Gasteiger partial charge is 0.481 e. The van der Waals surface area contributed by atoms with Crippen molar-refractivity contribution in [1.29, 1.82) is 0 Å². The number of aromatic nitrogens is 1. The average Bonchev–Trinajstić information content (AvgIpc) is 2.95. The van der Waals surface area contributed by atoms with Crippen molar-refractivity contribution >= 4 is 18.0 Å². The van der Waals surface area contributed by atoms with Crippen molar-refractivity contribution in [2.75, 3.05) is 14.2 Å². The molecule has 1 aliphatic heterocycles.